The first-order valence-corrected chi connectivity index (χ1v) is 7.32. The third-order valence-electron chi connectivity index (χ3n) is 2.93. The number of ether oxygens (including phenoxy) is 2. The van der Waals surface area contributed by atoms with Crippen LogP contribution >= 0.6 is 11.3 Å². The van der Waals surface area contributed by atoms with Gasteiger partial charge in [-0.2, -0.15) is 0 Å². The number of benzene rings is 1. The monoisotopic (exact) mass is 290 g/mol. The highest BCUT2D eigenvalue weighted by atomic mass is 32.1. The first kappa shape index (κ1) is 12.9. The summed E-state index contributed by atoms with van der Waals surface area (Å²) in [6.45, 7) is 1.77. The number of nitrogens with zero attached hydrogens (tertiary/aromatic N) is 1. The van der Waals surface area contributed by atoms with Crippen LogP contribution in [0.15, 0.2) is 29.1 Å². The summed E-state index contributed by atoms with van der Waals surface area (Å²) >= 11 is 1.40. The number of amides is 1. The number of aromatic nitrogens is 1. The maximum absolute atomic E-state index is 11.8. The van der Waals surface area contributed by atoms with Gasteiger partial charge in [-0.05, 0) is 17.7 Å². The van der Waals surface area contributed by atoms with Gasteiger partial charge < -0.3 is 14.8 Å². The quantitative estimate of drug-likeness (QED) is 0.941. The van der Waals surface area contributed by atoms with E-state index in [4.69, 9.17) is 9.47 Å². The number of rotatable bonds is 3. The highest BCUT2D eigenvalue weighted by Crippen LogP contribution is 2.30. The largest absolute Gasteiger partial charge is 0.490 e. The van der Waals surface area contributed by atoms with Gasteiger partial charge in [0.2, 0.25) is 0 Å². The zero-order chi connectivity index (χ0) is 13.8. The van der Waals surface area contributed by atoms with Gasteiger partial charge >= 0.3 is 0 Å². The minimum absolute atomic E-state index is 0.168. The van der Waals surface area contributed by atoms with E-state index in [9.17, 15) is 4.79 Å². The molecule has 0 unspecified atom stereocenters. The normalized spacial score (nSPS) is 13.6. The Morgan fingerprint density at radius 3 is 2.95 bits per heavy atom. The van der Waals surface area contributed by atoms with Crippen molar-refractivity contribution in [3.8, 4) is 11.5 Å². The Bertz CT molecular complexity index is 598. The predicted molar refractivity (Wildman–Crippen MR) is 75.3 cm³/mol. The third-order valence-corrected chi connectivity index (χ3v) is 3.52. The lowest BCUT2D eigenvalue weighted by molar-refractivity contribution is 0.0946. The molecule has 0 spiro atoms. The number of hydrogen-bond acceptors (Lipinski definition) is 5. The second-order valence-corrected chi connectivity index (χ2v) is 5.11. The first-order valence-electron chi connectivity index (χ1n) is 6.38. The summed E-state index contributed by atoms with van der Waals surface area (Å²) in [5, 5.41) is 4.56. The van der Waals surface area contributed by atoms with Crippen LogP contribution in [-0.4, -0.2) is 24.1 Å². The highest BCUT2D eigenvalue weighted by Gasteiger charge is 2.12. The molecule has 1 N–H and O–H groups in total. The third kappa shape index (κ3) is 2.91. The molecule has 1 aliphatic rings. The van der Waals surface area contributed by atoms with Crippen molar-refractivity contribution in [3.05, 3.63) is 40.3 Å². The van der Waals surface area contributed by atoms with Crippen molar-refractivity contribution in [2.24, 2.45) is 0 Å². The van der Waals surface area contributed by atoms with Crippen LogP contribution in [0.5, 0.6) is 11.5 Å². The van der Waals surface area contributed by atoms with E-state index in [0.29, 0.717) is 25.5 Å². The molecule has 2 heterocycles. The molecule has 0 radical (unpaired) electrons. The summed E-state index contributed by atoms with van der Waals surface area (Å²) in [6.07, 6.45) is 0.880. The van der Waals surface area contributed by atoms with E-state index < -0.39 is 0 Å². The summed E-state index contributed by atoms with van der Waals surface area (Å²) < 4.78 is 11.2. The van der Waals surface area contributed by atoms with Crippen molar-refractivity contribution in [1.82, 2.24) is 10.3 Å². The molecule has 2 aromatic rings. The molecule has 6 heteroatoms. The van der Waals surface area contributed by atoms with E-state index in [1.54, 1.807) is 10.9 Å². The Labute approximate surface area is 120 Å². The summed E-state index contributed by atoms with van der Waals surface area (Å²) in [4.78, 5) is 15.8. The van der Waals surface area contributed by atoms with Crippen LogP contribution in [-0.2, 0) is 6.54 Å². The van der Waals surface area contributed by atoms with Gasteiger partial charge in [-0.3, -0.25) is 4.79 Å². The highest BCUT2D eigenvalue weighted by molar-refractivity contribution is 7.07. The summed E-state index contributed by atoms with van der Waals surface area (Å²) in [7, 11) is 0. The van der Waals surface area contributed by atoms with Gasteiger partial charge in [0.05, 0.1) is 18.7 Å². The van der Waals surface area contributed by atoms with Crippen LogP contribution in [0.2, 0.25) is 0 Å². The van der Waals surface area contributed by atoms with Crippen molar-refractivity contribution in [2.45, 2.75) is 13.0 Å². The first-order chi connectivity index (χ1) is 9.83. The lowest BCUT2D eigenvalue weighted by atomic mass is 10.2. The second kappa shape index (κ2) is 5.92. The fourth-order valence-corrected chi connectivity index (χ4v) is 2.45. The van der Waals surface area contributed by atoms with E-state index in [2.05, 4.69) is 10.3 Å². The Morgan fingerprint density at radius 2 is 2.15 bits per heavy atom. The van der Waals surface area contributed by atoms with E-state index in [-0.39, 0.29) is 5.91 Å². The van der Waals surface area contributed by atoms with E-state index in [1.165, 1.54) is 11.3 Å². The zero-order valence-electron chi connectivity index (χ0n) is 10.8. The van der Waals surface area contributed by atoms with E-state index in [1.807, 2.05) is 18.2 Å². The van der Waals surface area contributed by atoms with Gasteiger partial charge in [-0.25, -0.2) is 4.98 Å². The van der Waals surface area contributed by atoms with Crippen molar-refractivity contribution < 1.29 is 14.3 Å². The molecule has 3 rings (SSSR count). The number of nitrogens with one attached hydrogen (secondary N) is 1. The number of thiazole rings is 1. The molecule has 0 saturated carbocycles. The van der Waals surface area contributed by atoms with Crippen LogP contribution < -0.4 is 14.8 Å². The molecule has 5 nitrogen and oxygen atoms in total. The number of carbonyl (C=O) groups is 1. The Morgan fingerprint density at radius 1 is 1.30 bits per heavy atom. The molecule has 1 aliphatic heterocycles. The van der Waals surface area contributed by atoms with Gasteiger partial charge in [0, 0.05) is 18.3 Å². The molecule has 0 saturated heterocycles. The minimum atomic E-state index is -0.168. The number of fused-ring (bicyclic) bond motifs is 1. The van der Waals surface area contributed by atoms with Crippen molar-refractivity contribution in [2.75, 3.05) is 13.2 Å². The molecule has 1 aromatic carbocycles. The summed E-state index contributed by atoms with van der Waals surface area (Å²) in [5.41, 5.74) is 3.06. The number of hydrogen-bond donors (Lipinski definition) is 1. The average molecular weight is 290 g/mol. The number of carbonyl (C=O) groups excluding carboxylic acids is 1. The van der Waals surface area contributed by atoms with Gasteiger partial charge in [0.15, 0.2) is 11.5 Å². The summed E-state index contributed by atoms with van der Waals surface area (Å²) in [6, 6.07) is 5.71. The Balaban J connectivity index is 1.66. The van der Waals surface area contributed by atoms with Crippen molar-refractivity contribution in [3.63, 3.8) is 0 Å². The van der Waals surface area contributed by atoms with Gasteiger partial charge in [-0.1, -0.05) is 6.07 Å². The lowest BCUT2D eigenvalue weighted by Gasteiger charge is -2.09. The minimum Gasteiger partial charge on any atom is -0.490 e. The topological polar surface area (TPSA) is 60.5 Å². The van der Waals surface area contributed by atoms with E-state index in [0.717, 1.165) is 23.5 Å². The molecule has 104 valence electrons. The molecule has 20 heavy (non-hydrogen) atoms. The molecule has 0 atom stereocenters. The molecular formula is C14H14N2O3S. The van der Waals surface area contributed by atoms with Gasteiger partial charge in [0.25, 0.3) is 5.91 Å². The maximum Gasteiger partial charge on any atom is 0.271 e. The Hall–Kier alpha value is -2.08. The van der Waals surface area contributed by atoms with Crippen LogP contribution in [0.3, 0.4) is 0 Å². The van der Waals surface area contributed by atoms with Crippen LogP contribution in [0.1, 0.15) is 22.5 Å². The van der Waals surface area contributed by atoms with Crippen molar-refractivity contribution in [1.29, 1.82) is 0 Å². The second-order valence-electron chi connectivity index (χ2n) is 4.39. The SMILES string of the molecule is O=C(NCc1ccc2c(c1)OCCCO2)c1cscn1. The summed E-state index contributed by atoms with van der Waals surface area (Å²) in [5.74, 6) is 1.33. The molecule has 1 aromatic heterocycles. The van der Waals surface area contributed by atoms with Crippen LogP contribution in [0.25, 0.3) is 0 Å². The van der Waals surface area contributed by atoms with Crippen molar-refractivity contribution >= 4 is 17.2 Å². The lowest BCUT2D eigenvalue weighted by Crippen LogP contribution is -2.23. The molecular weight excluding hydrogens is 276 g/mol. The zero-order valence-corrected chi connectivity index (χ0v) is 11.6. The average Bonchev–Trinajstić information content (AvgIpc) is 2.90. The molecule has 1 amide bonds. The predicted octanol–water partition coefficient (Wildman–Crippen LogP) is 2.23. The molecule has 0 aliphatic carbocycles. The van der Waals surface area contributed by atoms with Gasteiger partial charge in [0.1, 0.15) is 5.69 Å². The van der Waals surface area contributed by atoms with E-state index >= 15 is 0 Å². The van der Waals surface area contributed by atoms with Crippen LogP contribution in [0, 0.1) is 0 Å². The fourth-order valence-electron chi connectivity index (χ4n) is 1.92. The molecule has 0 fully saturated rings. The standard InChI is InChI=1S/C14H14N2O3S/c17-14(11-8-20-9-16-11)15-7-10-2-3-12-13(6-10)19-5-1-4-18-12/h2-3,6,8-9H,1,4-5,7H2,(H,15,17). The maximum atomic E-state index is 11.8. The van der Waals surface area contributed by atoms with Gasteiger partial charge in [-0.15, -0.1) is 11.3 Å². The molecule has 0 bridgehead atoms. The fraction of sp³-hybridized carbons (Fsp3) is 0.286. The Kier molecular flexibility index (Phi) is 3.83. The smallest absolute Gasteiger partial charge is 0.271 e. The van der Waals surface area contributed by atoms with Crippen LogP contribution in [0.4, 0.5) is 0 Å².